The van der Waals surface area contributed by atoms with Crippen LogP contribution in [0.15, 0.2) is 224 Å². The van der Waals surface area contributed by atoms with Crippen molar-refractivity contribution in [2.24, 2.45) is 11.8 Å². The number of nitrogens with zero attached hydrogens (tertiary/aromatic N) is 1. The van der Waals surface area contributed by atoms with Gasteiger partial charge in [-0.05, 0) is 123 Å². The van der Waals surface area contributed by atoms with E-state index in [9.17, 15) is 0 Å². The van der Waals surface area contributed by atoms with E-state index in [1.165, 1.54) is 55.5 Å². The van der Waals surface area contributed by atoms with E-state index < -0.39 is 0 Å². The van der Waals surface area contributed by atoms with Crippen LogP contribution in [0.2, 0.25) is 0 Å². The maximum atomic E-state index is 6.38. The van der Waals surface area contributed by atoms with E-state index in [1.807, 2.05) is 6.07 Å². The van der Waals surface area contributed by atoms with E-state index in [-0.39, 0.29) is 0 Å². The van der Waals surface area contributed by atoms with Crippen molar-refractivity contribution in [2.75, 3.05) is 4.90 Å². The highest BCUT2D eigenvalue weighted by atomic mass is 16.5. The third-order valence-electron chi connectivity index (χ3n) is 12.5. The van der Waals surface area contributed by atoms with Gasteiger partial charge in [-0.3, -0.25) is 0 Å². The van der Waals surface area contributed by atoms with Crippen LogP contribution in [0.3, 0.4) is 0 Å². The maximum Gasteiger partial charge on any atom is 0.135 e. The molecule has 286 valence electrons. The Kier molecular flexibility index (Phi) is 8.78. The number of rotatable bonds is 7. The van der Waals surface area contributed by atoms with Crippen LogP contribution in [-0.2, 0) is 0 Å². The summed E-state index contributed by atoms with van der Waals surface area (Å²) in [5.74, 6) is 2.67. The average Bonchev–Trinajstić information content (AvgIpc) is 3.30. The maximum absolute atomic E-state index is 6.38. The molecule has 2 atom stereocenters. The Morgan fingerprint density at radius 1 is 0.500 bits per heavy atom. The lowest BCUT2D eigenvalue weighted by Crippen LogP contribution is -2.18. The normalized spacial score (nSPS) is 16.2. The molecule has 0 N–H and O–H groups in total. The average molecular weight is 770 g/mol. The molecular formula is C58H43NO. The van der Waals surface area contributed by atoms with E-state index >= 15 is 0 Å². The van der Waals surface area contributed by atoms with Gasteiger partial charge in [-0.1, -0.05) is 170 Å². The van der Waals surface area contributed by atoms with E-state index in [0.29, 0.717) is 11.8 Å². The molecule has 0 radical (unpaired) electrons. The van der Waals surface area contributed by atoms with Crippen molar-refractivity contribution in [1.29, 1.82) is 0 Å². The zero-order chi connectivity index (χ0) is 40.2. The number of hydrogen-bond donors (Lipinski definition) is 0. The molecule has 60 heavy (non-hydrogen) atoms. The lowest BCUT2D eigenvalue weighted by Gasteiger charge is -2.31. The molecule has 8 aromatic carbocycles. The molecule has 0 aromatic heterocycles. The van der Waals surface area contributed by atoms with Crippen molar-refractivity contribution < 1.29 is 4.74 Å². The molecule has 11 rings (SSSR count). The summed E-state index contributed by atoms with van der Waals surface area (Å²) in [5.41, 5.74) is 18.0. The molecule has 0 spiro atoms. The lowest BCUT2D eigenvalue weighted by atomic mass is 9.74. The minimum Gasteiger partial charge on any atom is -0.456 e. The third kappa shape index (κ3) is 6.29. The van der Waals surface area contributed by atoms with Crippen molar-refractivity contribution in [3.05, 3.63) is 229 Å². The zero-order valence-electron chi connectivity index (χ0n) is 33.7. The molecule has 0 bridgehead atoms. The molecule has 2 aliphatic carbocycles. The highest BCUT2D eigenvalue weighted by molar-refractivity contribution is 6.06. The Morgan fingerprint density at radius 3 is 2.03 bits per heavy atom. The minimum atomic E-state index is 0.428. The van der Waals surface area contributed by atoms with Crippen molar-refractivity contribution >= 4 is 33.4 Å². The van der Waals surface area contributed by atoms with Crippen LogP contribution < -0.4 is 9.64 Å². The number of anilines is 3. The van der Waals surface area contributed by atoms with Crippen LogP contribution in [0.4, 0.5) is 17.1 Å². The van der Waals surface area contributed by atoms with Crippen LogP contribution in [0.25, 0.3) is 60.9 Å². The van der Waals surface area contributed by atoms with Crippen molar-refractivity contribution in [3.63, 3.8) is 0 Å². The van der Waals surface area contributed by atoms with Crippen molar-refractivity contribution in [3.8, 4) is 56.0 Å². The van der Waals surface area contributed by atoms with E-state index in [2.05, 4.69) is 225 Å². The smallest absolute Gasteiger partial charge is 0.135 e. The van der Waals surface area contributed by atoms with E-state index in [1.54, 1.807) is 0 Å². The topological polar surface area (TPSA) is 12.5 Å². The fourth-order valence-corrected chi connectivity index (χ4v) is 9.62. The molecule has 3 aliphatic rings. The second-order valence-electron chi connectivity index (χ2n) is 16.2. The van der Waals surface area contributed by atoms with Gasteiger partial charge in [0.2, 0.25) is 0 Å². The summed E-state index contributed by atoms with van der Waals surface area (Å²) in [4.78, 5) is 2.42. The van der Waals surface area contributed by atoms with E-state index in [4.69, 9.17) is 4.74 Å². The minimum absolute atomic E-state index is 0.428. The fourth-order valence-electron chi connectivity index (χ4n) is 9.62. The SMILES string of the molecule is CC1=CC=CC2=CC(c3ccc(N(c4cccc(-c5cc6c7c(cccc7c5)Oc5ccccc5-6)c4)c4ccccc4-c4ccc(-c5ccccc5)cc4)cc3)=CC(C)C12. The lowest BCUT2D eigenvalue weighted by molar-refractivity contribution is 0.487. The molecule has 1 aliphatic heterocycles. The van der Waals surface area contributed by atoms with Crippen molar-refractivity contribution in [2.45, 2.75) is 13.8 Å². The molecule has 8 aromatic rings. The highest BCUT2D eigenvalue weighted by Crippen LogP contribution is 2.49. The van der Waals surface area contributed by atoms with Gasteiger partial charge in [0.25, 0.3) is 0 Å². The monoisotopic (exact) mass is 769 g/mol. The number of fused-ring (bicyclic) bond motifs is 3. The van der Waals surface area contributed by atoms with Crippen LogP contribution in [-0.4, -0.2) is 0 Å². The first-order chi connectivity index (χ1) is 29.6. The Balaban J connectivity index is 1.03. The zero-order valence-corrected chi connectivity index (χ0v) is 33.7. The summed E-state index contributed by atoms with van der Waals surface area (Å²) in [5, 5.41) is 2.32. The summed E-state index contributed by atoms with van der Waals surface area (Å²) >= 11 is 0. The molecule has 2 heteroatoms. The Labute approximate surface area is 352 Å². The largest absolute Gasteiger partial charge is 0.456 e. The third-order valence-corrected chi connectivity index (χ3v) is 12.5. The van der Waals surface area contributed by atoms with Crippen molar-refractivity contribution in [1.82, 2.24) is 0 Å². The van der Waals surface area contributed by atoms with Gasteiger partial charge >= 0.3 is 0 Å². The van der Waals surface area contributed by atoms with Gasteiger partial charge < -0.3 is 9.64 Å². The standard InChI is InChI=1S/C58H43NO/c1-38-13-10-17-45-34-47(33-39(2)57(38)45)42-29-31-49(32-30-42)59(54-22-8-6-20-51(54)43-27-25-41(26-28-43)40-14-4-3-5-15-40)50-19-11-16-44(36-50)48-35-46-18-12-24-56-58(46)53(37-48)52-21-7-9-23-55(52)60-56/h3-37,39,57H,1-2H3. The van der Waals surface area contributed by atoms with Crippen LogP contribution >= 0.6 is 0 Å². The van der Waals surface area contributed by atoms with Gasteiger partial charge in [-0.15, -0.1) is 0 Å². The number of allylic oxidation sites excluding steroid dienone is 8. The summed E-state index contributed by atoms with van der Waals surface area (Å²) in [6.07, 6.45) is 11.6. The fraction of sp³-hybridized carbons (Fsp3) is 0.0690. The highest BCUT2D eigenvalue weighted by Gasteiger charge is 2.27. The molecule has 0 amide bonds. The number of para-hydroxylation sites is 2. The Bertz CT molecular complexity index is 3070. The first kappa shape index (κ1) is 35.7. The molecule has 2 nitrogen and oxygen atoms in total. The molecular weight excluding hydrogens is 727 g/mol. The number of ether oxygens (including phenoxy) is 1. The quantitative estimate of drug-likeness (QED) is 0.160. The summed E-state index contributed by atoms with van der Waals surface area (Å²) in [6, 6.07) is 65.9. The first-order valence-electron chi connectivity index (χ1n) is 20.9. The van der Waals surface area contributed by atoms with Crippen LogP contribution in [0, 0.1) is 11.8 Å². The number of hydrogen-bond acceptors (Lipinski definition) is 2. The second-order valence-corrected chi connectivity index (χ2v) is 16.2. The second kappa shape index (κ2) is 14.8. The molecule has 0 saturated heterocycles. The van der Waals surface area contributed by atoms with E-state index in [0.717, 1.165) is 50.6 Å². The molecule has 2 unspecified atom stereocenters. The predicted octanol–water partition coefficient (Wildman–Crippen LogP) is 16.2. The van der Waals surface area contributed by atoms with Gasteiger partial charge in [0.15, 0.2) is 0 Å². The number of benzene rings is 8. The molecule has 1 heterocycles. The van der Waals surface area contributed by atoms with Gasteiger partial charge in [-0.25, -0.2) is 0 Å². The van der Waals surface area contributed by atoms with Gasteiger partial charge in [0.05, 0.1) is 5.69 Å². The summed E-state index contributed by atoms with van der Waals surface area (Å²) in [7, 11) is 0. The van der Waals surface area contributed by atoms with Crippen LogP contribution in [0.1, 0.15) is 19.4 Å². The van der Waals surface area contributed by atoms with Gasteiger partial charge in [-0.2, -0.15) is 0 Å². The predicted molar refractivity (Wildman–Crippen MR) is 252 cm³/mol. The molecule has 0 saturated carbocycles. The Morgan fingerprint density at radius 2 is 1.18 bits per heavy atom. The van der Waals surface area contributed by atoms with Gasteiger partial charge in [0, 0.05) is 33.8 Å². The van der Waals surface area contributed by atoms with Gasteiger partial charge in [0.1, 0.15) is 11.5 Å². The summed E-state index contributed by atoms with van der Waals surface area (Å²) < 4.78 is 6.38. The summed E-state index contributed by atoms with van der Waals surface area (Å²) in [6.45, 7) is 4.60. The van der Waals surface area contributed by atoms with Crippen LogP contribution in [0.5, 0.6) is 11.5 Å². The first-order valence-corrected chi connectivity index (χ1v) is 20.9. The molecule has 0 fully saturated rings. The Hall–Kier alpha value is -7.42.